The molecule has 3 rings (SSSR count). The lowest BCUT2D eigenvalue weighted by Crippen LogP contribution is -2.11. The summed E-state index contributed by atoms with van der Waals surface area (Å²) in [5.74, 6) is 0.989. The molecule has 0 aliphatic carbocycles. The highest BCUT2D eigenvalue weighted by Crippen LogP contribution is 2.27. The summed E-state index contributed by atoms with van der Waals surface area (Å²) in [6, 6.07) is 4.81. The zero-order valence-corrected chi connectivity index (χ0v) is 11.5. The zero-order valence-electron chi connectivity index (χ0n) is 9.99. The summed E-state index contributed by atoms with van der Waals surface area (Å²) in [6.07, 6.45) is 1.85. The second-order valence-electron chi connectivity index (χ2n) is 4.48. The Morgan fingerprint density at radius 2 is 2.11 bits per heavy atom. The fraction of sp³-hybridized carbons (Fsp3) is 0.231. The lowest BCUT2D eigenvalue weighted by molar-refractivity contribution is 0.103. The van der Waals surface area contributed by atoms with E-state index in [-0.39, 0.29) is 11.6 Å². The first kappa shape index (κ1) is 12.5. The number of nitrogen functional groups attached to an aromatic ring is 1. The summed E-state index contributed by atoms with van der Waals surface area (Å²) in [7, 11) is 0. The van der Waals surface area contributed by atoms with E-state index in [4.69, 9.17) is 28.9 Å². The minimum atomic E-state index is -0.170. The van der Waals surface area contributed by atoms with Gasteiger partial charge in [0.25, 0.3) is 0 Å². The van der Waals surface area contributed by atoms with E-state index in [2.05, 4.69) is 4.98 Å². The lowest BCUT2D eigenvalue weighted by Gasteiger charge is -2.06. The molecule has 6 heteroatoms. The number of benzene rings is 1. The van der Waals surface area contributed by atoms with E-state index in [1.54, 1.807) is 18.2 Å². The van der Waals surface area contributed by atoms with Crippen LogP contribution in [0.2, 0.25) is 10.0 Å². The minimum absolute atomic E-state index is 0.170. The molecule has 1 aliphatic rings. The fourth-order valence-electron chi connectivity index (χ4n) is 2.36. The largest absolute Gasteiger partial charge is 0.382 e. The third-order valence-electron chi connectivity index (χ3n) is 3.25. The quantitative estimate of drug-likeness (QED) is 0.867. The van der Waals surface area contributed by atoms with Crippen molar-refractivity contribution in [2.75, 3.05) is 5.73 Å². The van der Waals surface area contributed by atoms with Crippen LogP contribution in [0.15, 0.2) is 18.2 Å². The molecule has 2 heterocycles. The van der Waals surface area contributed by atoms with Gasteiger partial charge in [0.2, 0.25) is 5.78 Å². The predicted octanol–water partition coefficient (Wildman–Crippen LogP) is 2.95. The monoisotopic (exact) mass is 295 g/mol. The number of hydrogen-bond acceptors (Lipinski definition) is 3. The van der Waals surface area contributed by atoms with Gasteiger partial charge in [0.1, 0.15) is 11.5 Å². The van der Waals surface area contributed by atoms with E-state index in [1.807, 2.05) is 4.57 Å². The van der Waals surface area contributed by atoms with Gasteiger partial charge in [0.15, 0.2) is 5.82 Å². The molecule has 0 atom stereocenters. The molecule has 0 saturated heterocycles. The number of halogens is 2. The van der Waals surface area contributed by atoms with E-state index >= 15 is 0 Å². The molecule has 0 amide bonds. The molecule has 1 aromatic carbocycles. The van der Waals surface area contributed by atoms with Crippen LogP contribution in [0, 0.1) is 0 Å². The molecule has 0 spiro atoms. The summed E-state index contributed by atoms with van der Waals surface area (Å²) < 4.78 is 1.89. The molecule has 2 aromatic rings. The van der Waals surface area contributed by atoms with Crippen LogP contribution in [-0.4, -0.2) is 15.3 Å². The third kappa shape index (κ3) is 2.01. The standard InChI is InChI=1S/C13H11Cl2N3O/c14-8-4-3-7(6-9(8)15)12(19)11-13(16)17-10-2-1-5-18(10)11/h3-4,6H,1-2,5,16H2. The first-order chi connectivity index (χ1) is 9.08. The van der Waals surface area contributed by atoms with Crippen molar-refractivity contribution in [1.82, 2.24) is 9.55 Å². The first-order valence-electron chi connectivity index (χ1n) is 5.92. The number of carbonyl (C=O) groups excluding carboxylic acids is 1. The Labute approximate surface area is 120 Å². The van der Waals surface area contributed by atoms with E-state index in [1.165, 1.54) is 0 Å². The number of ketones is 1. The first-order valence-corrected chi connectivity index (χ1v) is 6.68. The second-order valence-corrected chi connectivity index (χ2v) is 5.29. The highest BCUT2D eigenvalue weighted by atomic mass is 35.5. The topological polar surface area (TPSA) is 60.9 Å². The average molecular weight is 296 g/mol. The van der Waals surface area contributed by atoms with Crippen molar-refractivity contribution in [3.05, 3.63) is 45.3 Å². The fourth-order valence-corrected chi connectivity index (χ4v) is 2.66. The Balaban J connectivity index is 2.07. The van der Waals surface area contributed by atoms with Crippen LogP contribution in [0.25, 0.3) is 0 Å². The van der Waals surface area contributed by atoms with E-state index < -0.39 is 0 Å². The van der Waals surface area contributed by atoms with Gasteiger partial charge in [-0.3, -0.25) is 4.79 Å². The number of nitrogens with two attached hydrogens (primary N) is 1. The number of hydrogen-bond donors (Lipinski definition) is 1. The highest BCUT2D eigenvalue weighted by molar-refractivity contribution is 6.42. The molecule has 0 radical (unpaired) electrons. The molecule has 4 nitrogen and oxygen atoms in total. The number of rotatable bonds is 2. The van der Waals surface area contributed by atoms with Crippen LogP contribution in [0.1, 0.15) is 28.3 Å². The molecule has 0 fully saturated rings. The number of aryl methyl sites for hydroxylation is 1. The van der Waals surface area contributed by atoms with Gasteiger partial charge in [-0.05, 0) is 24.6 Å². The summed E-state index contributed by atoms with van der Waals surface area (Å²) in [5.41, 5.74) is 6.76. The van der Waals surface area contributed by atoms with Crippen LogP contribution in [0.4, 0.5) is 5.82 Å². The van der Waals surface area contributed by atoms with Crippen LogP contribution >= 0.6 is 23.2 Å². The van der Waals surface area contributed by atoms with Gasteiger partial charge < -0.3 is 10.3 Å². The van der Waals surface area contributed by atoms with Crippen molar-refractivity contribution < 1.29 is 4.79 Å². The summed E-state index contributed by atoms with van der Waals surface area (Å²) >= 11 is 11.8. The number of fused-ring (bicyclic) bond motifs is 1. The van der Waals surface area contributed by atoms with Gasteiger partial charge >= 0.3 is 0 Å². The Morgan fingerprint density at radius 3 is 2.84 bits per heavy atom. The van der Waals surface area contributed by atoms with Crippen molar-refractivity contribution in [2.45, 2.75) is 19.4 Å². The molecule has 1 aliphatic heterocycles. The van der Waals surface area contributed by atoms with Crippen molar-refractivity contribution in [3.8, 4) is 0 Å². The molecule has 0 unspecified atom stereocenters. The number of imidazole rings is 1. The predicted molar refractivity (Wildman–Crippen MR) is 74.9 cm³/mol. The zero-order chi connectivity index (χ0) is 13.6. The van der Waals surface area contributed by atoms with Crippen LogP contribution in [0.3, 0.4) is 0 Å². The van der Waals surface area contributed by atoms with Gasteiger partial charge in [-0.1, -0.05) is 23.2 Å². The average Bonchev–Trinajstić information content (AvgIpc) is 2.91. The second kappa shape index (κ2) is 4.54. The van der Waals surface area contributed by atoms with Crippen molar-refractivity contribution >= 4 is 34.8 Å². The molecule has 98 valence electrons. The SMILES string of the molecule is Nc1nc2n(c1C(=O)c1ccc(Cl)c(Cl)c1)CCC2. The molecule has 0 bridgehead atoms. The van der Waals surface area contributed by atoms with Crippen LogP contribution in [-0.2, 0) is 13.0 Å². The van der Waals surface area contributed by atoms with E-state index in [0.717, 1.165) is 25.2 Å². The summed E-state index contributed by atoms with van der Waals surface area (Å²) in [6.45, 7) is 0.780. The molecule has 0 saturated carbocycles. The Morgan fingerprint density at radius 1 is 1.32 bits per heavy atom. The van der Waals surface area contributed by atoms with Crippen molar-refractivity contribution in [2.24, 2.45) is 0 Å². The van der Waals surface area contributed by atoms with Crippen LogP contribution in [0.5, 0.6) is 0 Å². The number of anilines is 1. The van der Waals surface area contributed by atoms with Gasteiger partial charge in [-0.25, -0.2) is 4.98 Å². The molecule has 19 heavy (non-hydrogen) atoms. The van der Waals surface area contributed by atoms with Gasteiger partial charge in [0.05, 0.1) is 10.0 Å². The van der Waals surface area contributed by atoms with Gasteiger partial charge in [-0.15, -0.1) is 0 Å². The van der Waals surface area contributed by atoms with Crippen molar-refractivity contribution in [1.29, 1.82) is 0 Å². The Hall–Kier alpha value is -1.52. The number of carbonyl (C=O) groups is 1. The van der Waals surface area contributed by atoms with Crippen LogP contribution < -0.4 is 5.73 Å². The van der Waals surface area contributed by atoms with Gasteiger partial charge in [-0.2, -0.15) is 0 Å². The highest BCUT2D eigenvalue weighted by Gasteiger charge is 2.25. The Kier molecular flexibility index (Phi) is 2.99. The maximum atomic E-state index is 12.5. The lowest BCUT2D eigenvalue weighted by atomic mass is 10.1. The third-order valence-corrected chi connectivity index (χ3v) is 3.99. The number of aromatic nitrogens is 2. The molecule has 2 N–H and O–H groups in total. The normalized spacial score (nSPS) is 13.6. The Bertz CT molecular complexity index is 679. The maximum Gasteiger partial charge on any atom is 0.213 e. The molecule has 1 aromatic heterocycles. The van der Waals surface area contributed by atoms with E-state index in [9.17, 15) is 4.79 Å². The van der Waals surface area contributed by atoms with Crippen molar-refractivity contribution in [3.63, 3.8) is 0 Å². The summed E-state index contributed by atoms with van der Waals surface area (Å²) in [5, 5.41) is 0.775. The maximum absolute atomic E-state index is 12.5. The van der Waals surface area contributed by atoms with E-state index in [0.29, 0.717) is 21.3 Å². The van der Waals surface area contributed by atoms with Gasteiger partial charge in [0, 0.05) is 18.5 Å². The minimum Gasteiger partial charge on any atom is -0.382 e. The number of nitrogens with zero attached hydrogens (tertiary/aromatic N) is 2. The smallest absolute Gasteiger partial charge is 0.213 e. The molecular weight excluding hydrogens is 285 g/mol. The summed E-state index contributed by atoms with van der Waals surface area (Å²) in [4.78, 5) is 16.7. The molecular formula is C13H11Cl2N3O.